The van der Waals surface area contributed by atoms with Gasteiger partial charge in [-0.15, -0.1) is 0 Å². The fraction of sp³-hybridized carbons (Fsp3) is 0.600. The summed E-state index contributed by atoms with van der Waals surface area (Å²) in [4.78, 5) is 14.4. The minimum absolute atomic E-state index is 0.225. The van der Waals surface area contributed by atoms with Gasteiger partial charge in [0.2, 0.25) is 0 Å². The Morgan fingerprint density at radius 2 is 1.74 bits per heavy atom. The highest BCUT2D eigenvalue weighted by atomic mass is 16.6. The molecule has 0 unspecified atom stereocenters. The minimum Gasteiger partial charge on any atom is -0.460 e. The van der Waals surface area contributed by atoms with E-state index in [9.17, 15) is 4.79 Å². The lowest BCUT2D eigenvalue weighted by Gasteiger charge is -2.17. The number of allylic oxidation sites excluding steroid dienone is 4. The van der Waals surface area contributed by atoms with E-state index in [2.05, 4.69) is 44.5 Å². The van der Waals surface area contributed by atoms with E-state index < -0.39 is 0 Å². The third-order valence-electron chi connectivity index (χ3n) is 2.65. The van der Waals surface area contributed by atoms with E-state index in [0.29, 0.717) is 0 Å². The molecular formula is C20H35NO2. The summed E-state index contributed by atoms with van der Waals surface area (Å²) in [5.74, 6) is -0.225. The molecule has 0 rings (SSSR count). The van der Waals surface area contributed by atoms with Crippen molar-refractivity contribution in [1.82, 2.24) is 0 Å². The highest BCUT2D eigenvalue weighted by molar-refractivity contribution is 5.94. The van der Waals surface area contributed by atoms with Gasteiger partial charge >= 0.3 is 5.97 Å². The lowest BCUT2D eigenvalue weighted by atomic mass is 10.0. The Balaban J connectivity index is 0. The SMILES string of the molecule is C=CN=C(C)/C=C(C)/C(=C/CC)CCC.CC(=O)OC(C)(C)C. The second kappa shape index (κ2) is 12.9. The topological polar surface area (TPSA) is 38.7 Å². The third kappa shape index (κ3) is 16.6. The van der Waals surface area contributed by atoms with E-state index in [1.807, 2.05) is 27.7 Å². The highest BCUT2D eigenvalue weighted by Gasteiger charge is 2.11. The largest absolute Gasteiger partial charge is 0.460 e. The summed E-state index contributed by atoms with van der Waals surface area (Å²) >= 11 is 0. The van der Waals surface area contributed by atoms with Crippen LogP contribution in [0, 0.1) is 0 Å². The molecule has 0 bridgehead atoms. The van der Waals surface area contributed by atoms with Crippen LogP contribution in [0.25, 0.3) is 0 Å². The Morgan fingerprint density at radius 3 is 2.04 bits per heavy atom. The molecule has 0 aliphatic rings. The number of hydrogen-bond acceptors (Lipinski definition) is 3. The fourth-order valence-electron chi connectivity index (χ4n) is 1.99. The molecule has 3 heteroatoms. The van der Waals surface area contributed by atoms with Gasteiger partial charge in [-0.25, -0.2) is 0 Å². The molecule has 0 radical (unpaired) electrons. The van der Waals surface area contributed by atoms with Gasteiger partial charge in [-0.2, -0.15) is 0 Å². The van der Waals surface area contributed by atoms with E-state index in [1.54, 1.807) is 6.20 Å². The van der Waals surface area contributed by atoms with Crippen LogP contribution < -0.4 is 0 Å². The number of carbonyl (C=O) groups is 1. The Labute approximate surface area is 143 Å². The maximum Gasteiger partial charge on any atom is 0.303 e. The fourth-order valence-corrected chi connectivity index (χ4v) is 1.99. The standard InChI is InChI=1S/C14H23N.C6H12O2/c1-6-9-14(10-7-2)12(4)11-13(5)15-8-3;1-5(7)8-6(2,3)4/h8-9,11H,3,6-7,10H2,1-2,4-5H3;1-4H3/b12-11+,14-9+,15-13?;. The normalized spacial score (nSPS) is 13.1. The molecule has 0 aromatic carbocycles. The van der Waals surface area contributed by atoms with E-state index in [1.165, 1.54) is 24.5 Å². The van der Waals surface area contributed by atoms with E-state index in [0.717, 1.165) is 18.6 Å². The van der Waals surface area contributed by atoms with Crippen LogP contribution in [0.1, 0.15) is 74.7 Å². The van der Waals surface area contributed by atoms with Crippen LogP contribution in [0.5, 0.6) is 0 Å². The minimum atomic E-state index is -0.328. The predicted octanol–water partition coefficient (Wildman–Crippen LogP) is 6.02. The summed E-state index contributed by atoms with van der Waals surface area (Å²) in [5.41, 5.74) is 3.45. The van der Waals surface area contributed by atoms with Crippen molar-refractivity contribution in [3.05, 3.63) is 36.1 Å². The molecule has 0 amide bonds. The number of rotatable bonds is 6. The first-order valence-electron chi connectivity index (χ1n) is 8.29. The lowest BCUT2D eigenvalue weighted by Crippen LogP contribution is -2.21. The highest BCUT2D eigenvalue weighted by Crippen LogP contribution is 2.16. The van der Waals surface area contributed by atoms with E-state index in [4.69, 9.17) is 4.74 Å². The maximum absolute atomic E-state index is 10.2. The molecule has 0 aliphatic carbocycles. The molecule has 23 heavy (non-hydrogen) atoms. The summed E-state index contributed by atoms with van der Waals surface area (Å²) in [5, 5.41) is 0. The quantitative estimate of drug-likeness (QED) is 0.341. The molecule has 0 heterocycles. The molecule has 0 saturated carbocycles. The molecule has 0 aliphatic heterocycles. The molecule has 0 spiro atoms. The van der Waals surface area contributed by atoms with Crippen molar-refractivity contribution in [2.24, 2.45) is 4.99 Å². The van der Waals surface area contributed by atoms with Crippen molar-refractivity contribution in [3.63, 3.8) is 0 Å². The van der Waals surface area contributed by atoms with Gasteiger partial charge in [-0.05, 0) is 64.7 Å². The molecule has 3 nitrogen and oxygen atoms in total. The molecular weight excluding hydrogens is 286 g/mol. The van der Waals surface area contributed by atoms with E-state index in [-0.39, 0.29) is 11.6 Å². The first-order valence-corrected chi connectivity index (χ1v) is 8.29. The van der Waals surface area contributed by atoms with Crippen LogP contribution in [-0.4, -0.2) is 17.3 Å². The summed E-state index contributed by atoms with van der Waals surface area (Å²) in [7, 11) is 0. The summed E-state index contributed by atoms with van der Waals surface area (Å²) < 4.78 is 4.80. The molecule has 132 valence electrons. The molecule has 0 aromatic rings. The summed E-state index contributed by atoms with van der Waals surface area (Å²) in [6.45, 7) is 19.1. The van der Waals surface area contributed by atoms with Gasteiger partial charge in [-0.3, -0.25) is 9.79 Å². The van der Waals surface area contributed by atoms with Crippen LogP contribution in [-0.2, 0) is 9.53 Å². The maximum atomic E-state index is 10.2. The Kier molecular flexibility index (Phi) is 13.2. The van der Waals surface area contributed by atoms with Gasteiger partial charge in [0.05, 0.1) is 0 Å². The van der Waals surface area contributed by atoms with Crippen LogP contribution in [0.3, 0.4) is 0 Å². The van der Waals surface area contributed by atoms with Crippen LogP contribution in [0.4, 0.5) is 0 Å². The van der Waals surface area contributed by atoms with Crippen LogP contribution in [0.15, 0.2) is 41.1 Å². The monoisotopic (exact) mass is 321 g/mol. The third-order valence-corrected chi connectivity index (χ3v) is 2.65. The van der Waals surface area contributed by atoms with Crippen molar-refractivity contribution in [2.75, 3.05) is 0 Å². The average Bonchev–Trinajstić information content (AvgIpc) is 2.36. The Morgan fingerprint density at radius 1 is 1.17 bits per heavy atom. The number of aliphatic imine (C=N–C) groups is 1. The number of esters is 1. The van der Waals surface area contributed by atoms with Gasteiger partial charge in [-0.1, -0.05) is 32.9 Å². The first-order chi connectivity index (χ1) is 10.6. The number of ether oxygens (including phenoxy) is 1. The smallest absolute Gasteiger partial charge is 0.303 e. The van der Waals surface area contributed by atoms with Crippen molar-refractivity contribution >= 4 is 11.7 Å². The van der Waals surface area contributed by atoms with Crippen molar-refractivity contribution < 1.29 is 9.53 Å². The van der Waals surface area contributed by atoms with Gasteiger partial charge < -0.3 is 4.74 Å². The number of nitrogens with zero attached hydrogens (tertiary/aromatic N) is 1. The Bertz CT molecular complexity index is 449. The zero-order valence-corrected chi connectivity index (χ0v) is 16.3. The molecule has 0 atom stereocenters. The molecule has 0 saturated heterocycles. The van der Waals surface area contributed by atoms with Crippen molar-refractivity contribution in [2.45, 2.75) is 80.3 Å². The van der Waals surface area contributed by atoms with Crippen molar-refractivity contribution in [3.8, 4) is 0 Å². The van der Waals surface area contributed by atoms with Crippen molar-refractivity contribution in [1.29, 1.82) is 0 Å². The van der Waals surface area contributed by atoms with Gasteiger partial charge in [0.25, 0.3) is 0 Å². The summed E-state index contributed by atoms with van der Waals surface area (Å²) in [6, 6.07) is 0. The zero-order chi connectivity index (χ0) is 18.5. The predicted molar refractivity (Wildman–Crippen MR) is 102 cm³/mol. The number of hydrogen-bond donors (Lipinski definition) is 0. The van der Waals surface area contributed by atoms with E-state index >= 15 is 0 Å². The lowest BCUT2D eigenvalue weighted by molar-refractivity contribution is -0.151. The number of carbonyl (C=O) groups excluding carboxylic acids is 1. The second-order valence-electron chi connectivity index (χ2n) is 6.37. The van der Waals surface area contributed by atoms with Gasteiger partial charge in [0.15, 0.2) is 0 Å². The van der Waals surface area contributed by atoms with Gasteiger partial charge in [0, 0.05) is 18.8 Å². The average molecular weight is 322 g/mol. The molecule has 0 N–H and O–H groups in total. The van der Waals surface area contributed by atoms with Crippen LogP contribution >= 0.6 is 0 Å². The van der Waals surface area contributed by atoms with Crippen LogP contribution in [0.2, 0.25) is 0 Å². The summed E-state index contributed by atoms with van der Waals surface area (Å²) in [6.07, 6.45) is 9.45. The molecule has 0 fully saturated rings. The molecule has 0 aromatic heterocycles. The Hall–Kier alpha value is -1.64. The zero-order valence-electron chi connectivity index (χ0n) is 16.3. The second-order valence-corrected chi connectivity index (χ2v) is 6.37. The first kappa shape index (κ1) is 23.6. The van der Waals surface area contributed by atoms with Gasteiger partial charge in [0.1, 0.15) is 5.60 Å².